The van der Waals surface area contributed by atoms with E-state index in [2.05, 4.69) is 0 Å². The number of fused-ring (bicyclic) bond motifs is 1. The average molecular weight is 336 g/mol. The number of hydrogen-bond acceptors (Lipinski definition) is 3. The van der Waals surface area contributed by atoms with E-state index in [1.54, 1.807) is 38.5 Å². The zero-order valence-corrected chi connectivity index (χ0v) is 14.2. The molecule has 0 aliphatic heterocycles. The molecule has 1 N–H and O–H groups in total. The SMILES string of the molecule is COc1ccc(C(Cc2c(OC)ccc3ccccc23)C(=O)O)cc1. The number of benzene rings is 3. The van der Waals surface area contributed by atoms with Crippen molar-refractivity contribution in [3.05, 3.63) is 71.8 Å². The summed E-state index contributed by atoms with van der Waals surface area (Å²) in [5, 5.41) is 11.9. The predicted molar refractivity (Wildman–Crippen MR) is 97.6 cm³/mol. The molecule has 128 valence electrons. The van der Waals surface area contributed by atoms with E-state index in [1.165, 1.54) is 0 Å². The fraction of sp³-hybridized carbons (Fsp3) is 0.190. The summed E-state index contributed by atoms with van der Waals surface area (Å²) in [6, 6.07) is 19.0. The fourth-order valence-corrected chi connectivity index (χ4v) is 3.11. The molecular formula is C21H20O4. The van der Waals surface area contributed by atoms with Crippen LogP contribution in [0.1, 0.15) is 17.0 Å². The van der Waals surface area contributed by atoms with Crippen LogP contribution < -0.4 is 9.47 Å². The summed E-state index contributed by atoms with van der Waals surface area (Å²) in [5.41, 5.74) is 1.65. The minimum atomic E-state index is -0.861. The molecule has 3 aromatic carbocycles. The zero-order chi connectivity index (χ0) is 17.8. The molecule has 0 spiro atoms. The first-order chi connectivity index (χ1) is 12.1. The standard InChI is InChI=1S/C21H20O4/c1-24-16-10-7-15(8-11-16)18(21(22)23)13-19-17-6-4-3-5-14(17)9-12-20(19)25-2/h3-12,18H,13H2,1-2H3,(H,22,23). The molecule has 0 saturated heterocycles. The minimum absolute atomic E-state index is 0.353. The molecule has 1 atom stereocenters. The maximum Gasteiger partial charge on any atom is 0.311 e. The minimum Gasteiger partial charge on any atom is -0.497 e. The largest absolute Gasteiger partial charge is 0.497 e. The van der Waals surface area contributed by atoms with Gasteiger partial charge in [-0.15, -0.1) is 0 Å². The van der Waals surface area contributed by atoms with Gasteiger partial charge in [0.05, 0.1) is 20.1 Å². The van der Waals surface area contributed by atoms with Gasteiger partial charge in [0.25, 0.3) is 0 Å². The van der Waals surface area contributed by atoms with Gasteiger partial charge < -0.3 is 14.6 Å². The first kappa shape index (κ1) is 16.8. The smallest absolute Gasteiger partial charge is 0.311 e. The molecule has 0 bridgehead atoms. The van der Waals surface area contributed by atoms with Crippen LogP contribution >= 0.6 is 0 Å². The second-order valence-electron chi connectivity index (χ2n) is 5.84. The molecular weight excluding hydrogens is 316 g/mol. The Bertz CT molecular complexity index is 884. The van der Waals surface area contributed by atoms with Crippen LogP contribution in [0.2, 0.25) is 0 Å². The molecule has 0 aliphatic carbocycles. The topological polar surface area (TPSA) is 55.8 Å². The number of carboxylic acids is 1. The Labute approximate surface area is 146 Å². The van der Waals surface area contributed by atoms with E-state index in [4.69, 9.17) is 9.47 Å². The van der Waals surface area contributed by atoms with Crippen LogP contribution in [-0.4, -0.2) is 25.3 Å². The molecule has 0 aliphatic rings. The lowest BCUT2D eigenvalue weighted by atomic mass is 9.89. The third-order valence-corrected chi connectivity index (χ3v) is 4.44. The highest BCUT2D eigenvalue weighted by Gasteiger charge is 2.23. The van der Waals surface area contributed by atoms with Crippen LogP contribution in [0.3, 0.4) is 0 Å². The quantitative estimate of drug-likeness (QED) is 0.730. The predicted octanol–water partition coefficient (Wildman–Crippen LogP) is 4.27. The molecule has 0 amide bonds. The van der Waals surface area contributed by atoms with Crippen molar-refractivity contribution in [1.82, 2.24) is 0 Å². The summed E-state index contributed by atoms with van der Waals surface area (Å²) in [6.45, 7) is 0. The summed E-state index contributed by atoms with van der Waals surface area (Å²) in [7, 11) is 3.20. The number of ether oxygens (including phenoxy) is 2. The van der Waals surface area contributed by atoms with E-state index >= 15 is 0 Å². The van der Waals surface area contributed by atoms with Gasteiger partial charge in [-0.25, -0.2) is 0 Å². The van der Waals surface area contributed by atoms with Crippen molar-refractivity contribution in [2.45, 2.75) is 12.3 Å². The monoisotopic (exact) mass is 336 g/mol. The Morgan fingerprint density at radius 1 is 0.960 bits per heavy atom. The van der Waals surface area contributed by atoms with Gasteiger partial charge in [-0.2, -0.15) is 0 Å². The van der Waals surface area contributed by atoms with Gasteiger partial charge in [-0.3, -0.25) is 4.79 Å². The summed E-state index contributed by atoms with van der Waals surface area (Å²) in [4.78, 5) is 11.9. The number of carbonyl (C=O) groups is 1. The fourth-order valence-electron chi connectivity index (χ4n) is 3.11. The lowest BCUT2D eigenvalue weighted by molar-refractivity contribution is -0.138. The van der Waals surface area contributed by atoms with Crippen LogP contribution in [-0.2, 0) is 11.2 Å². The second-order valence-corrected chi connectivity index (χ2v) is 5.84. The summed E-state index contributed by atoms with van der Waals surface area (Å²) < 4.78 is 10.6. The highest BCUT2D eigenvalue weighted by Crippen LogP contribution is 2.33. The number of carboxylic acid groups (broad SMARTS) is 1. The van der Waals surface area contributed by atoms with Crippen molar-refractivity contribution in [2.24, 2.45) is 0 Å². The van der Waals surface area contributed by atoms with Crippen molar-refractivity contribution in [1.29, 1.82) is 0 Å². The molecule has 25 heavy (non-hydrogen) atoms. The highest BCUT2D eigenvalue weighted by atomic mass is 16.5. The highest BCUT2D eigenvalue weighted by molar-refractivity contribution is 5.89. The maximum absolute atomic E-state index is 11.9. The average Bonchev–Trinajstić information content (AvgIpc) is 2.65. The Hall–Kier alpha value is -3.01. The Morgan fingerprint density at radius 2 is 1.68 bits per heavy atom. The molecule has 3 aromatic rings. The van der Waals surface area contributed by atoms with E-state index < -0.39 is 11.9 Å². The number of methoxy groups -OCH3 is 2. The van der Waals surface area contributed by atoms with E-state index in [0.29, 0.717) is 17.9 Å². The van der Waals surface area contributed by atoms with E-state index in [1.807, 2.05) is 36.4 Å². The van der Waals surface area contributed by atoms with E-state index in [9.17, 15) is 9.90 Å². The van der Waals surface area contributed by atoms with Gasteiger partial charge >= 0.3 is 5.97 Å². The van der Waals surface area contributed by atoms with Crippen LogP contribution in [0.25, 0.3) is 10.8 Å². The lowest BCUT2D eigenvalue weighted by Gasteiger charge is -2.17. The third-order valence-electron chi connectivity index (χ3n) is 4.44. The van der Waals surface area contributed by atoms with Crippen molar-refractivity contribution in [3.8, 4) is 11.5 Å². The van der Waals surface area contributed by atoms with E-state index in [-0.39, 0.29) is 0 Å². The second kappa shape index (κ2) is 7.26. The Kier molecular flexibility index (Phi) is 4.89. The normalized spacial score (nSPS) is 11.9. The summed E-state index contributed by atoms with van der Waals surface area (Å²) >= 11 is 0. The van der Waals surface area contributed by atoms with Crippen molar-refractivity contribution >= 4 is 16.7 Å². The Balaban J connectivity index is 2.05. The number of hydrogen-bond donors (Lipinski definition) is 1. The van der Waals surface area contributed by atoms with Crippen LogP contribution in [0.5, 0.6) is 11.5 Å². The number of aliphatic carboxylic acids is 1. The summed E-state index contributed by atoms with van der Waals surface area (Å²) in [6.07, 6.45) is 0.353. The van der Waals surface area contributed by atoms with Crippen LogP contribution in [0, 0.1) is 0 Å². The molecule has 0 saturated carbocycles. The molecule has 0 aromatic heterocycles. The zero-order valence-electron chi connectivity index (χ0n) is 14.2. The third kappa shape index (κ3) is 3.43. The van der Waals surface area contributed by atoms with Gasteiger partial charge in [0.1, 0.15) is 11.5 Å². The first-order valence-corrected chi connectivity index (χ1v) is 8.05. The van der Waals surface area contributed by atoms with Gasteiger partial charge in [-0.05, 0) is 41.0 Å². The first-order valence-electron chi connectivity index (χ1n) is 8.05. The molecule has 3 rings (SSSR count). The lowest BCUT2D eigenvalue weighted by Crippen LogP contribution is -2.15. The van der Waals surface area contributed by atoms with Gasteiger partial charge in [-0.1, -0.05) is 42.5 Å². The number of rotatable bonds is 6. The van der Waals surface area contributed by atoms with Gasteiger partial charge in [0, 0.05) is 5.56 Å². The molecule has 4 heteroatoms. The van der Waals surface area contributed by atoms with Gasteiger partial charge in [0.15, 0.2) is 0 Å². The molecule has 1 unspecified atom stereocenters. The van der Waals surface area contributed by atoms with Crippen molar-refractivity contribution in [3.63, 3.8) is 0 Å². The van der Waals surface area contributed by atoms with Crippen molar-refractivity contribution in [2.75, 3.05) is 14.2 Å². The molecule has 0 radical (unpaired) electrons. The molecule has 0 fully saturated rings. The Morgan fingerprint density at radius 3 is 2.32 bits per heavy atom. The van der Waals surface area contributed by atoms with Crippen molar-refractivity contribution < 1.29 is 19.4 Å². The molecule has 0 heterocycles. The maximum atomic E-state index is 11.9. The van der Waals surface area contributed by atoms with Crippen LogP contribution in [0.4, 0.5) is 0 Å². The summed E-state index contributed by atoms with van der Waals surface area (Å²) in [5.74, 6) is -0.111. The van der Waals surface area contributed by atoms with Gasteiger partial charge in [0.2, 0.25) is 0 Å². The molecule has 4 nitrogen and oxygen atoms in total. The van der Waals surface area contributed by atoms with E-state index in [0.717, 1.165) is 21.9 Å². The van der Waals surface area contributed by atoms with Crippen LogP contribution in [0.15, 0.2) is 60.7 Å².